The van der Waals surface area contributed by atoms with Crippen molar-refractivity contribution < 1.29 is 22.0 Å². The molecule has 2 rings (SSSR count). The summed E-state index contributed by atoms with van der Waals surface area (Å²) in [5, 5.41) is 2.55. The molecule has 0 bridgehead atoms. The lowest BCUT2D eigenvalue weighted by atomic mass is 10.2. The number of halogens is 2. The van der Waals surface area contributed by atoms with E-state index in [9.17, 15) is 22.0 Å². The lowest BCUT2D eigenvalue weighted by molar-refractivity contribution is -0.116. The summed E-state index contributed by atoms with van der Waals surface area (Å²) < 4.78 is 51.4. The Bertz CT molecular complexity index is 839. The van der Waals surface area contributed by atoms with Crippen LogP contribution >= 0.6 is 0 Å². The number of carbonyl (C=O) groups excluding carboxylic acids is 1. The highest BCUT2D eigenvalue weighted by Crippen LogP contribution is 2.14. The molecule has 5 nitrogen and oxygen atoms in total. The summed E-state index contributed by atoms with van der Waals surface area (Å²) in [5.74, 6) is -1.35. The molecule has 0 fully saturated rings. The van der Waals surface area contributed by atoms with Crippen molar-refractivity contribution in [2.45, 2.75) is 13.0 Å². The maximum absolute atomic E-state index is 13.7. The fourth-order valence-electron chi connectivity index (χ4n) is 2.16. The zero-order valence-corrected chi connectivity index (χ0v) is 14.4. The molecular weight excluding hydrogens is 350 g/mol. The highest BCUT2D eigenvalue weighted by molar-refractivity contribution is 7.88. The van der Waals surface area contributed by atoms with Gasteiger partial charge in [0.05, 0.1) is 6.26 Å². The van der Waals surface area contributed by atoms with E-state index < -0.39 is 27.6 Å². The maximum Gasteiger partial charge on any atom is 0.225 e. The van der Waals surface area contributed by atoms with Gasteiger partial charge in [0.2, 0.25) is 15.9 Å². The summed E-state index contributed by atoms with van der Waals surface area (Å²) >= 11 is 0. The first-order valence-electron chi connectivity index (χ1n) is 7.49. The number of anilines is 1. The molecule has 0 aliphatic carbocycles. The zero-order valence-electron chi connectivity index (χ0n) is 13.6. The average Bonchev–Trinajstić information content (AvgIpc) is 2.54. The topological polar surface area (TPSA) is 66.5 Å². The van der Waals surface area contributed by atoms with Crippen molar-refractivity contribution in [3.63, 3.8) is 0 Å². The van der Waals surface area contributed by atoms with Crippen molar-refractivity contribution in [2.75, 3.05) is 18.1 Å². The minimum Gasteiger partial charge on any atom is -0.326 e. The van der Waals surface area contributed by atoms with Gasteiger partial charge in [0.25, 0.3) is 0 Å². The van der Waals surface area contributed by atoms with Gasteiger partial charge in [-0.15, -0.1) is 0 Å². The van der Waals surface area contributed by atoms with Gasteiger partial charge in [0, 0.05) is 30.8 Å². The van der Waals surface area contributed by atoms with E-state index in [4.69, 9.17) is 0 Å². The standard InChI is InChI=1S/C17H18F2N2O3S/c1-25(23,24)21(12-13-4-2-3-5-16(13)19)11-10-17(22)20-15-8-6-14(18)7-9-15/h2-9H,10-12H2,1H3,(H,20,22). The number of hydrogen-bond donors (Lipinski definition) is 1. The predicted octanol–water partition coefficient (Wildman–Crippen LogP) is 2.76. The lowest BCUT2D eigenvalue weighted by Gasteiger charge is -2.20. The predicted molar refractivity (Wildman–Crippen MR) is 91.3 cm³/mol. The molecular formula is C17H18F2N2O3S. The third-order valence-corrected chi connectivity index (χ3v) is 4.74. The Balaban J connectivity index is 1.99. The number of benzene rings is 2. The van der Waals surface area contributed by atoms with Crippen LogP contribution in [0.15, 0.2) is 48.5 Å². The minimum atomic E-state index is -3.62. The first-order valence-corrected chi connectivity index (χ1v) is 9.34. The second-order valence-electron chi connectivity index (χ2n) is 5.49. The van der Waals surface area contributed by atoms with Crippen LogP contribution in [0.4, 0.5) is 14.5 Å². The highest BCUT2D eigenvalue weighted by Gasteiger charge is 2.19. The molecule has 0 aliphatic rings. The van der Waals surface area contributed by atoms with Gasteiger partial charge in [-0.2, -0.15) is 4.31 Å². The number of nitrogens with zero attached hydrogens (tertiary/aromatic N) is 1. The molecule has 2 aromatic carbocycles. The largest absolute Gasteiger partial charge is 0.326 e. The molecule has 0 heterocycles. The van der Waals surface area contributed by atoms with E-state index in [2.05, 4.69) is 5.32 Å². The van der Waals surface area contributed by atoms with Gasteiger partial charge in [0.15, 0.2) is 0 Å². The Labute approximate surface area is 145 Å². The minimum absolute atomic E-state index is 0.0970. The van der Waals surface area contributed by atoms with E-state index in [1.54, 1.807) is 6.07 Å². The summed E-state index contributed by atoms with van der Waals surface area (Å²) in [5.41, 5.74) is 0.637. The monoisotopic (exact) mass is 368 g/mol. The van der Waals surface area contributed by atoms with Crippen LogP contribution in [0.5, 0.6) is 0 Å². The Kier molecular flexibility index (Phi) is 6.22. The number of hydrogen-bond acceptors (Lipinski definition) is 3. The van der Waals surface area contributed by atoms with Gasteiger partial charge < -0.3 is 5.32 Å². The molecule has 0 aromatic heterocycles. The number of sulfonamides is 1. The third-order valence-electron chi connectivity index (χ3n) is 3.49. The molecule has 1 amide bonds. The molecule has 0 spiro atoms. The van der Waals surface area contributed by atoms with Crippen LogP contribution in [0.1, 0.15) is 12.0 Å². The SMILES string of the molecule is CS(=O)(=O)N(CCC(=O)Nc1ccc(F)cc1)Cc1ccccc1F. The first kappa shape index (κ1) is 19.0. The van der Waals surface area contributed by atoms with Crippen molar-refractivity contribution in [1.29, 1.82) is 0 Å². The molecule has 0 aliphatic heterocycles. The van der Waals surface area contributed by atoms with E-state index in [0.717, 1.165) is 10.6 Å². The molecule has 8 heteroatoms. The fourth-order valence-corrected chi connectivity index (χ4v) is 2.96. The van der Waals surface area contributed by atoms with Gasteiger partial charge in [-0.05, 0) is 30.3 Å². The Hall–Kier alpha value is -2.32. The van der Waals surface area contributed by atoms with Gasteiger partial charge in [-0.3, -0.25) is 4.79 Å². The average molecular weight is 368 g/mol. The van der Waals surface area contributed by atoms with Crippen LogP contribution in [0.3, 0.4) is 0 Å². The fraction of sp³-hybridized carbons (Fsp3) is 0.235. The smallest absolute Gasteiger partial charge is 0.225 e. The summed E-state index contributed by atoms with van der Waals surface area (Å²) in [6.45, 7) is -0.254. The van der Waals surface area contributed by atoms with Crippen molar-refractivity contribution >= 4 is 21.6 Å². The Morgan fingerprint density at radius 2 is 1.72 bits per heavy atom. The molecule has 25 heavy (non-hydrogen) atoms. The molecule has 0 saturated heterocycles. The van der Waals surface area contributed by atoms with E-state index >= 15 is 0 Å². The lowest BCUT2D eigenvalue weighted by Crippen LogP contribution is -2.32. The summed E-state index contributed by atoms with van der Waals surface area (Å²) in [7, 11) is -3.62. The van der Waals surface area contributed by atoms with E-state index in [1.807, 2.05) is 0 Å². The molecule has 134 valence electrons. The van der Waals surface area contributed by atoms with Gasteiger partial charge >= 0.3 is 0 Å². The van der Waals surface area contributed by atoms with Crippen LogP contribution in [0.2, 0.25) is 0 Å². The van der Waals surface area contributed by atoms with Crippen LogP contribution in [0.25, 0.3) is 0 Å². The summed E-state index contributed by atoms with van der Waals surface area (Å²) in [4.78, 5) is 11.9. The third kappa shape index (κ3) is 5.91. The normalized spacial score (nSPS) is 11.5. The Morgan fingerprint density at radius 1 is 1.08 bits per heavy atom. The molecule has 0 saturated carbocycles. The van der Waals surface area contributed by atoms with Crippen molar-refractivity contribution in [3.8, 4) is 0 Å². The molecule has 0 atom stereocenters. The van der Waals surface area contributed by atoms with Crippen molar-refractivity contribution in [2.24, 2.45) is 0 Å². The van der Waals surface area contributed by atoms with Gasteiger partial charge in [0.1, 0.15) is 11.6 Å². The van der Waals surface area contributed by atoms with Crippen LogP contribution in [0, 0.1) is 11.6 Å². The van der Waals surface area contributed by atoms with Gasteiger partial charge in [-0.1, -0.05) is 18.2 Å². The number of carbonyl (C=O) groups is 1. The number of rotatable bonds is 7. The van der Waals surface area contributed by atoms with Crippen molar-refractivity contribution in [1.82, 2.24) is 4.31 Å². The first-order chi connectivity index (χ1) is 11.8. The molecule has 0 unspecified atom stereocenters. The maximum atomic E-state index is 13.7. The van der Waals surface area contributed by atoms with Crippen LogP contribution in [-0.4, -0.2) is 31.4 Å². The number of nitrogens with one attached hydrogen (secondary N) is 1. The molecule has 2 aromatic rings. The summed E-state index contributed by atoms with van der Waals surface area (Å²) in [6.07, 6.45) is 0.893. The molecule has 1 N–H and O–H groups in total. The quantitative estimate of drug-likeness (QED) is 0.817. The second kappa shape index (κ2) is 8.17. The van der Waals surface area contributed by atoms with Crippen LogP contribution in [-0.2, 0) is 21.4 Å². The Morgan fingerprint density at radius 3 is 2.32 bits per heavy atom. The van der Waals surface area contributed by atoms with E-state index in [-0.39, 0.29) is 25.1 Å². The van der Waals surface area contributed by atoms with Crippen LogP contribution < -0.4 is 5.32 Å². The van der Waals surface area contributed by atoms with Gasteiger partial charge in [-0.25, -0.2) is 17.2 Å². The van der Waals surface area contributed by atoms with E-state index in [0.29, 0.717) is 5.69 Å². The van der Waals surface area contributed by atoms with E-state index in [1.165, 1.54) is 42.5 Å². The zero-order chi connectivity index (χ0) is 18.4. The molecule has 0 radical (unpaired) electrons. The van der Waals surface area contributed by atoms with Crippen molar-refractivity contribution in [3.05, 3.63) is 65.7 Å². The highest BCUT2D eigenvalue weighted by atomic mass is 32.2. The summed E-state index contributed by atoms with van der Waals surface area (Å²) in [6, 6.07) is 11.1. The number of amides is 1. The second-order valence-corrected chi connectivity index (χ2v) is 7.48.